The molecule has 2 aromatic rings. The average Bonchev–Trinajstić information content (AvgIpc) is 2.66. The fourth-order valence-electron chi connectivity index (χ4n) is 3.60. The number of amides is 1. The van der Waals surface area contributed by atoms with Crippen molar-refractivity contribution in [1.82, 2.24) is 4.90 Å². The molecule has 0 saturated heterocycles. The van der Waals surface area contributed by atoms with Gasteiger partial charge in [0.1, 0.15) is 5.82 Å². The third kappa shape index (κ3) is 4.73. The minimum Gasteiger partial charge on any atom is -0.460 e. The first-order valence-corrected chi connectivity index (χ1v) is 9.79. The Morgan fingerprint density at radius 1 is 1.10 bits per heavy atom. The number of ether oxygens (including phenoxy) is 1. The van der Waals surface area contributed by atoms with Crippen LogP contribution in [0.1, 0.15) is 49.8 Å². The van der Waals surface area contributed by atoms with Crippen LogP contribution in [-0.4, -0.2) is 22.9 Å². The Kier molecular flexibility index (Phi) is 6.16. The van der Waals surface area contributed by atoms with Gasteiger partial charge < -0.3 is 9.64 Å². The second-order valence-corrected chi connectivity index (χ2v) is 7.73. The van der Waals surface area contributed by atoms with Gasteiger partial charge in [-0.25, -0.2) is 9.18 Å². The van der Waals surface area contributed by atoms with Crippen molar-refractivity contribution in [3.63, 3.8) is 0 Å². The zero-order valence-corrected chi connectivity index (χ0v) is 17.2. The van der Waals surface area contributed by atoms with E-state index >= 15 is 0 Å². The van der Waals surface area contributed by atoms with E-state index < -0.39 is 5.97 Å². The molecule has 152 valence electrons. The molecule has 1 heterocycles. The van der Waals surface area contributed by atoms with E-state index in [1.807, 2.05) is 31.2 Å². The second-order valence-electron chi connectivity index (χ2n) is 7.73. The number of halogens is 1. The van der Waals surface area contributed by atoms with Gasteiger partial charge in [-0.1, -0.05) is 42.0 Å². The topological polar surface area (TPSA) is 46.6 Å². The third-order valence-corrected chi connectivity index (χ3v) is 5.12. The van der Waals surface area contributed by atoms with Crippen LogP contribution in [0.25, 0.3) is 0 Å². The first-order chi connectivity index (χ1) is 13.8. The monoisotopic (exact) mass is 395 g/mol. The fourth-order valence-corrected chi connectivity index (χ4v) is 3.60. The summed E-state index contributed by atoms with van der Waals surface area (Å²) in [7, 11) is 0. The SMILES string of the molecule is CC1=C(C(=O)OC(C)C)[C@H](c2ccc(C)cc2)CC(=O)N1Cc1ccc(F)cc1. The van der Waals surface area contributed by atoms with Gasteiger partial charge in [0, 0.05) is 18.0 Å². The Morgan fingerprint density at radius 3 is 2.31 bits per heavy atom. The van der Waals surface area contributed by atoms with E-state index in [0.717, 1.165) is 16.7 Å². The maximum absolute atomic E-state index is 13.2. The van der Waals surface area contributed by atoms with Crippen molar-refractivity contribution in [2.45, 2.75) is 52.7 Å². The molecule has 0 saturated carbocycles. The quantitative estimate of drug-likeness (QED) is 0.678. The van der Waals surface area contributed by atoms with E-state index in [4.69, 9.17) is 4.74 Å². The third-order valence-electron chi connectivity index (χ3n) is 5.12. The summed E-state index contributed by atoms with van der Waals surface area (Å²) in [5.74, 6) is -1.15. The molecule has 0 fully saturated rings. The number of hydrogen-bond donors (Lipinski definition) is 0. The Hall–Kier alpha value is -2.95. The Morgan fingerprint density at radius 2 is 1.72 bits per heavy atom. The van der Waals surface area contributed by atoms with Crippen molar-refractivity contribution >= 4 is 11.9 Å². The number of hydrogen-bond acceptors (Lipinski definition) is 3. The van der Waals surface area contributed by atoms with Crippen molar-refractivity contribution < 1.29 is 18.7 Å². The standard InChI is InChI=1S/C24H26FNO3/c1-15(2)29-24(28)23-17(4)26(14-18-7-11-20(25)12-8-18)22(27)13-21(23)19-9-5-16(3)6-10-19/h5-12,15,21H,13-14H2,1-4H3/t21-/m0/s1. The van der Waals surface area contributed by atoms with Crippen LogP contribution < -0.4 is 0 Å². The molecule has 5 heteroatoms. The molecule has 0 aliphatic carbocycles. The van der Waals surface area contributed by atoms with Crippen LogP contribution in [0.5, 0.6) is 0 Å². The molecule has 0 N–H and O–H groups in total. The molecule has 0 unspecified atom stereocenters. The molecule has 0 radical (unpaired) electrons. The lowest BCUT2D eigenvalue weighted by Crippen LogP contribution is -2.38. The van der Waals surface area contributed by atoms with Gasteiger partial charge >= 0.3 is 5.97 Å². The normalized spacial score (nSPS) is 17.1. The van der Waals surface area contributed by atoms with Gasteiger partial charge in [0.15, 0.2) is 0 Å². The predicted molar refractivity (Wildman–Crippen MR) is 109 cm³/mol. The van der Waals surface area contributed by atoms with Crippen molar-refractivity contribution in [3.8, 4) is 0 Å². The van der Waals surface area contributed by atoms with Crippen molar-refractivity contribution in [3.05, 3.63) is 82.3 Å². The average molecular weight is 395 g/mol. The van der Waals surface area contributed by atoms with Gasteiger partial charge in [0.2, 0.25) is 5.91 Å². The fraction of sp³-hybridized carbons (Fsp3) is 0.333. The highest BCUT2D eigenvalue weighted by Crippen LogP contribution is 2.38. The number of nitrogens with zero attached hydrogens (tertiary/aromatic N) is 1. The maximum Gasteiger partial charge on any atom is 0.336 e. The lowest BCUT2D eigenvalue weighted by atomic mass is 9.83. The van der Waals surface area contributed by atoms with E-state index in [-0.39, 0.29) is 36.7 Å². The van der Waals surface area contributed by atoms with Crippen LogP contribution in [0.4, 0.5) is 4.39 Å². The molecular formula is C24H26FNO3. The van der Waals surface area contributed by atoms with E-state index in [9.17, 15) is 14.0 Å². The van der Waals surface area contributed by atoms with Crippen LogP contribution in [0.2, 0.25) is 0 Å². The summed E-state index contributed by atoms with van der Waals surface area (Å²) in [5, 5.41) is 0. The summed E-state index contributed by atoms with van der Waals surface area (Å²) >= 11 is 0. The first kappa shape index (κ1) is 20.8. The highest BCUT2D eigenvalue weighted by Gasteiger charge is 2.37. The maximum atomic E-state index is 13.2. The smallest absolute Gasteiger partial charge is 0.336 e. The van der Waals surface area contributed by atoms with Crippen LogP contribution >= 0.6 is 0 Å². The molecule has 1 aliphatic heterocycles. The molecule has 1 atom stereocenters. The molecule has 0 spiro atoms. The highest BCUT2D eigenvalue weighted by molar-refractivity contribution is 5.96. The van der Waals surface area contributed by atoms with Crippen LogP contribution in [0.15, 0.2) is 59.8 Å². The molecule has 0 bridgehead atoms. The highest BCUT2D eigenvalue weighted by atomic mass is 19.1. The molecule has 4 nitrogen and oxygen atoms in total. The number of esters is 1. The second kappa shape index (κ2) is 8.60. The van der Waals surface area contributed by atoms with Gasteiger partial charge in [0.25, 0.3) is 0 Å². The van der Waals surface area contributed by atoms with Gasteiger partial charge in [-0.05, 0) is 51.0 Å². The summed E-state index contributed by atoms with van der Waals surface area (Å²) < 4.78 is 18.7. The molecular weight excluding hydrogens is 369 g/mol. The molecule has 1 amide bonds. The van der Waals surface area contributed by atoms with E-state index in [1.165, 1.54) is 12.1 Å². The molecule has 2 aromatic carbocycles. The largest absolute Gasteiger partial charge is 0.460 e. The summed E-state index contributed by atoms with van der Waals surface area (Å²) in [4.78, 5) is 27.5. The number of aryl methyl sites for hydroxylation is 1. The summed E-state index contributed by atoms with van der Waals surface area (Å²) in [6.45, 7) is 7.66. The van der Waals surface area contributed by atoms with Crippen molar-refractivity contribution in [2.24, 2.45) is 0 Å². The summed E-state index contributed by atoms with van der Waals surface area (Å²) in [6.07, 6.45) is -0.0749. The summed E-state index contributed by atoms with van der Waals surface area (Å²) in [5.41, 5.74) is 3.91. The first-order valence-electron chi connectivity index (χ1n) is 9.79. The van der Waals surface area contributed by atoms with Crippen molar-refractivity contribution in [1.29, 1.82) is 0 Å². The molecule has 29 heavy (non-hydrogen) atoms. The zero-order valence-electron chi connectivity index (χ0n) is 17.2. The Bertz CT molecular complexity index is 930. The van der Waals surface area contributed by atoms with Gasteiger partial charge in [0.05, 0.1) is 18.2 Å². The molecule has 0 aromatic heterocycles. The van der Waals surface area contributed by atoms with E-state index in [1.54, 1.807) is 37.8 Å². The summed E-state index contributed by atoms with van der Waals surface area (Å²) in [6, 6.07) is 13.9. The number of carbonyl (C=O) groups excluding carboxylic acids is 2. The minimum absolute atomic E-state index is 0.0708. The number of benzene rings is 2. The van der Waals surface area contributed by atoms with Gasteiger partial charge in [-0.15, -0.1) is 0 Å². The van der Waals surface area contributed by atoms with Gasteiger partial charge in [-0.2, -0.15) is 0 Å². The van der Waals surface area contributed by atoms with Crippen molar-refractivity contribution in [2.75, 3.05) is 0 Å². The Balaban J connectivity index is 2.01. The van der Waals surface area contributed by atoms with Crippen LogP contribution in [-0.2, 0) is 20.9 Å². The number of rotatable bonds is 5. The van der Waals surface area contributed by atoms with Crippen LogP contribution in [0, 0.1) is 12.7 Å². The van der Waals surface area contributed by atoms with E-state index in [0.29, 0.717) is 11.3 Å². The zero-order chi connectivity index (χ0) is 21.1. The lowest BCUT2D eigenvalue weighted by molar-refractivity contribution is -0.143. The lowest BCUT2D eigenvalue weighted by Gasteiger charge is -2.35. The molecule has 1 aliphatic rings. The van der Waals surface area contributed by atoms with Gasteiger partial charge in [-0.3, -0.25) is 4.79 Å². The van der Waals surface area contributed by atoms with E-state index in [2.05, 4.69) is 0 Å². The predicted octanol–water partition coefficient (Wildman–Crippen LogP) is 4.88. The minimum atomic E-state index is -0.403. The Labute approximate surface area is 171 Å². The van der Waals surface area contributed by atoms with Crippen LogP contribution in [0.3, 0.4) is 0 Å². The number of allylic oxidation sites excluding steroid dienone is 1. The number of carbonyl (C=O) groups is 2. The molecule has 3 rings (SSSR count).